The molecule has 6 heteroatoms. The number of aromatic nitrogens is 2. The van der Waals surface area contributed by atoms with Gasteiger partial charge in [0.25, 0.3) is 0 Å². The number of phenolic OH excluding ortho intramolecular Hbond substituents is 1. The van der Waals surface area contributed by atoms with E-state index in [4.69, 9.17) is 5.73 Å². The SMILES string of the molecule is CC(C)c1cc(NC(=O)[C@@H](N)Cc2ccc(O)cc2)n[nH]1. The van der Waals surface area contributed by atoms with E-state index in [1.807, 2.05) is 13.8 Å². The van der Waals surface area contributed by atoms with Crippen LogP contribution in [0.5, 0.6) is 5.75 Å². The lowest BCUT2D eigenvalue weighted by atomic mass is 10.1. The lowest BCUT2D eigenvalue weighted by molar-refractivity contribution is -0.117. The number of carbonyl (C=O) groups is 1. The number of aromatic amines is 1. The summed E-state index contributed by atoms with van der Waals surface area (Å²) < 4.78 is 0. The van der Waals surface area contributed by atoms with Crippen LogP contribution in [0.15, 0.2) is 30.3 Å². The van der Waals surface area contributed by atoms with Gasteiger partial charge in [-0.15, -0.1) is 0 Å². The molecule has 0 fully saturated rings. The molecular weight excluding hydrogens is 268 g/mol. The minimum atomic E-state index is -0.672. The highest BCUT2D eigenvalue weighted by molar-refractivity contribution is 5.94. The van der Waals surface area contributed by atoms with E-state index in [2.05, 4.69) is 15.5 Å². The van der Waals surface area contributed by atoms with Gasteiger partial charge in [0, 0.05) is 11.8 Å². The van der Waals surface area contributed by atoms with Crippen molar-refractivity contribution < 1.29 is 9.90 Å². The monoisotopic (exact) mass is 288 g/mol. The van der Waals surface area contributed by atoms with Gasteiger partial charge in [-0.1, -0.05) is 26.0 Å². The van der Waals surface area contributed by atoms with E-state index in [-0.39, 0.29) is 11.7 Å². The average Bonchev–Trinajstić information content (AvgIpc) is 2.90. The van der Waals surface area contributed by atoms with Crippen LogP contribution in [-0.2, 0) is 11.2 Å². The molecule has 6 nitrogen and oxygen atoms in total. The molecule has 0 saturated heterocycles. The molecule has 1 amide bonds. The van der Waals surface area contributed by atoms with E-state index in [0.29, 0.717) is 18.2 Å². The Bertz CT molecular complexity index is 604. The number of H-pyrrole nitrogens is 1. The highest BCUT2D eigenvalue weighted by atomic mass is 16.3. The van der Waals surface area contributed by atoms with Crippen LogP contribution < -0.4 is 11.1 Å². The van der Waals surface area contributed by atoms with Crippen molar-refractivity contribution in [2.75, 3.05) is 5.32 Å². The first-order valence-corrected chi connectivity index (χ1v) is 6.85. The lowest BCUT2D eigenvalue weighted by Crippen LogP contribution is -2.37. The van der Waals surface area contributed by atoms with Gasteiger partial charge in [0.15, 0.2) is 5.82 Å². The normalized spacial score (nSPS) is 12.4. The van der Waals surface area contributed by atoms with E-state index in [9.17, 15) is 9.90 Å². The van der Waals surface area contributed by atoms with Crippen LogP contribution in [0.4, 0.5) is 5.82 Å². The summed E-state index contributed by atoms with van der Waals surface area (Å²) >= 11 is 0. The van der Waals surface area contributed by atoms with E-state index in [0.717, 1.165) is 11.3 Å². The minimum Gasteiger partial charge on any atom is -0.508 e. The van der Waals surface area contributed by atoms with E-state index < -0.39 is 6.04 Å². The number of nitrogens with one attached hydrogen (secondary N) is 2. The summed E-state index contributed by atoms with van der Waals surface area (Å²) in [4.78, 5) is 12.0. The number of anilines is 1. The minimum absolute atomic E-state index is 0.189. The molecule has 1 heterocycles. The van der Waals surface area contributed by atoms with Crippen LogP contribution in [0, 0.1) is 0 Å². The third-order valence-electron chi connectivity index (χ3n) is 3.20. The second-order valence-electron chi connectivity index (χ2n) is 5.33. The zero-order valence-corrected chi connectivity index (χ0v) is 12.1. The molecule has 0 saturated carbocycles. The van der Waals surface area contributed by atoms with Crippen molar-refractivity contribution in [2.45, 2.75) is 32.2 Å². The smallest absolute Gasteiger partial charge is 0.242 e. The zero-order valence-electron chi connectivity index (χ0n) is 12.1. The largest absolute Gasteiger partial charge is 0.508 e. The second-order valence-corrected chi connectivity index (χ2v) is 5.33. The number of aromatic hydroxyl groups is 1. The number of amides is 1. The Hall–Kier alpha value is -2.34. The summed E-state index contributed by atoms with van der Waals surface area (Å²) in [7, 11) is 0. The van der Waals surface area contributed by atoms with Gasteiger partial charge in [-0.3, -0.25) is 9.89 Å². The molecule has 112 valence electrons. The number of phenols is 1. The average molecular weight is 288 g/mol. The number of rotatable bonds is 5. The van der Waals surface area contributed by atoms with Crippen LogP contribution in [-0.4, -0.2) is 27.3 Å². The molecule has 0 aliphatic rings. The second kappa shape index (κ2) is 6.41. The number of carbonyl (C=O) groups excluding carboxylic acids is 1. The van der Waals surface area contributed by atoms with Crippen molar-refractivity contribution in [1.82, 2.24) is 10.2 Å². The molecule has 0 unspecified atom stereocenters. The van der Waals surface area contributed by atoms with Gasteiger partial charge in [0.1, 0.15) is 5.75 Å². The third-order valence-corrected chi connectivity index (χ3v) is 3.20. The maximum Gasteiger partial charge on any atom is 0.242 e. The number of nitrogens with two attached hydrogens (primary N) is 1. The van der Waals surface area contributed by atoms with Crippen LogP contribution in [0.25, 0.3) is 0 Å². The summed E-state index contributed by atoms with van der Waals surface area (Å²) in [5.41, 5.74) is 7.73. The van der Waals surface area contributed by atoms with Crippen molar-refractivity contribution in [3.8, 4) is 5.75 Å². The molecule has 1 aromatic carbocycles. The molecule has 0 aliphatic heterocycles. The molecule has 5 N–H and O–H groups in total. The molecule has 0 aliphatic carbocycles. The van der Waals surface area contributed by atoms with Crippen LogP contribution in [0.1, 0.15) is 31.0 Å². The quantitative estimate of drug-likeness (QED) is 0.672. The van der Waals surface area contributed by atoms with E-state index >= 15 is 0 Å². The molecule has 21 heavy (non-hydrogen) atoms. The molecule has 1 atom stereocenters. The maximum atomic E-state index is 12.0. The zero-order chi connectivity index (χ0) is 15.4. The summed E-state index contributed by atoms with van der Waals surface area (Å²) in [6.07, 6.45) is 0.396. The Morgan fingerprint density at radius 1 is 1.38 bits per heavy atom. The number of hydrogen-bond donors (Lipinski definition) is 4. The van der Waals surface area contributed by atoms with Crippen molar-refractivity contribution in [3.05, 3.63) is 41.6 Å². The lowest BCUT2D eigenvalue weighted by Gasteiger charge is -2.11. The molecular formula is C15H20N4O2. The van der Waals surface area contributed by atoms with Crippen molar-refractivity contribution in [2.24, 2.45) is 5.73 Å². The Kier molecular flexibility index (Phi) is 4.59. The van der Waals surface area contributed by atoms with Crippen LogP contribution >= 0.6 is 0 Å². The van der Waals surface area contributed by atoms with E-state index in [1.165, 1.54) is 0 Å². The highest BCUT2D eigenvalue weighted by Crippen LogP contribution is 2.15. The fraction of sp³-hybridized carbons (Fsp3) is 0.333. The Morgan fingerprint density at radius 3 is 2.62 bits per heavy atom. The molecule has 1 aromatic heterocycles. The van der Waals surface area contributed by atoms with Crippen molar-refractivity contribution in [1.29, 1.82) is 0 Å². The summed E-state index contributed by atoms with van der Waals surface area (Å²) in [5.74, 6) is 0.693. The van der Waals surface area contributed by atoms with Gasteiger partial charge in [0.05, 0.1) is 6.04 Å². The van der Waals surface area contributed by atoms with Gasteiger partial charge >= 0.3 is 0 Å². The summed E-state index contributed by atoms with van der Waals surface area (Å²) in [6.45, 7) is 4.07. The first-order valence-electron chi connectivity index (χ1n) is 6.85. The number of nitrogens with zero attached hydrogens (tertiary/aromatic N) is 1. The predicted molar refractivity (Wildman–Crippen MR) is 81.1 cm³/mol. The standard InChI is InChI=1S/C15H20N4O2/c1-9(2)13-8-14(19-18-13)17-15(21)12(16)7-10-3-5-11(20)6-4-10/h3-6,8-9,12,20H,7,16H2,1-2H3,(H2,17,18,19,21)/t12-/m0/s1. The van der Waals surface area contributed by atoms with E-state index in [1.54, 1.807) is 30.3 Å². The number of hydrogen-bond acceptors (Lipinski definition) is 4. The highest BCUT2D eigenvalue weighted by Gasteiger charge is 2.16. The van der Waals surface area contributed by atoms with Gasteiger partial charge in [-0.25, -0.2) is 0 Å². The Balaban J connectivity index is 1.94. The summed E-state index contributed by atoms with van der Waals surface area (Å²) in [6, 6.07) is 7.76. The molecule has 0 spiro atoms. The fourth-order valence-electron chi connectivity index (χ4n) is 1.89. The maximum absolute atomic E-state index is 12.0. The van der Waals surface area contributed by atoms with Gasteiger partial charge in [0.2, 0.25) is 5.91 Å². The fourth-order valence-corrected chi connectivity index (χ4v) is 1.89. The van der Waals surface area contributed by atoms with Gasteiger partial charge in [-0.2, -0.15) is 5.10 Å². The molecule has 2 rings (SSSR count). The van der Waals surface area contributed by atoms with Crippen molar-refractivity contribution in [3.63, 3.8) is 0 Å². The molecule has 2 aromatic rings. The first kappa shape index (κ1) is 15.1. The van der Waals surface area contributed by atoms with Gasteiger partial charge in [-0.05, 0) is 30.0 Å². The third kappa shape index (κ3) is 4.06. The predicted octanol–water partition coefficient (Wildman–Crippen LogP) is 1.75. The number of benzene rings is 1. The summed E-state index contributed by atoms with van der Waals surface area (Å²) in [5, 5.41) is 18.8. The van der Waals surface area contributed by atoms with Crippen LogP contribution in [0.3, 0.4) is 0 Å². The van der Waals surface area contributed by atoms with Crippen molar-refractivity contribution >= 4 is 11.7 Å². The van der Waals surface area contributed by atoms with Crippen LogP contribution in [0.2, 0.25) is 0 Å². The first-order chi connectivity index (χ1) is 9.95. The Labute approximate surface area is 123 Å². The topological polar surface area (TPSA) is 104 Å². The Morgan fingerprint density at radius 2 is 2.05 bits per heavy atom. The van der Waals surface area contributed by atoms with Gasteiger partial charge < -0.3 is 16.2 Å². The molecule has 0 bridgehead atoms. The molecule has 0 radical (unpaired) electrons.